The zero-order valence-corrected chi connectivity index (χ0v) is 16.8. The summed E-state index contributed by atoms with van der Waals surface area (Å²) in [6.07, 6.45) is 3.95. The Morgan fingerprint density at radius 3 is 2.36 bits per heavy atom. The highest BCUT2D eigenvalue weighted by Crippen LogP contribution is 2.55. The maximum absolute atomic E-state index is 12.3. The summed E-state index contributed by atoms with van der Waals surface area (Å²) >= 11 is 1.14. The molecule has 0 bridgehead atoms. The molecule has 0 fully saturated rings. The first kappa shape index (κ1) is 19.9. The van der Waals surface area contributed by atoms with E-state index >= 15 is 0 Å². The van der Waals surface area contributed by atoms with Crippen LogP contribution in [0.1, 0.15) is 33.6 Å². The van der Waals surface area contributed by atoms with Crippen molar-refractivity contribution in [3.05, 3.63) is 17.6 Å². The van der Waals surface area contributed by atoms with Gasteiger partial charge in [-0.15, -0.1) is 0 Å². The van der Waals surface area contributed by atoms with Gasteiger partial charge >= 0.3 is 0 Å². The zero-order valence-electron chi connectivity index (χ0n) is 15.2. The number of rotatable bonds is 8. The third-order valence-electron chi connectivity index (χ3n) is 4.16. The summed E-state index contributed by atoms with van der Waals surface area (Å²) in [4.78, 5) is 21.0. The molecule has 25 heavy (non-hydrogen) atoms. The predicted octanol–water partition coefficient (Wildman–Crippen LogP) is 2.00. The molecule has 0 aromatic carbocycles. The lowest BCUT2D eigenvalue weighted by Gasteiger charge is -2.37. The number of hydrogen-bond donors (Lipinski definition) is 0. The minimum atomic E-state index is -1.15. The summed E-state index contributed by atoms with van der Waals surface area (Å²) in [6.45, 7) is 5.93. The normalized spacial score (nSPS) is 24.3. The number of ether oxygens (including phenoxy) is 2. The van der Waals surface area contributed by atoms with E-state index < -0.39 is 26.4 Å². The molecule has 1 aliphatic rings. The highest BCUT2D eigenvalue weighted by Gasteiger charge is 2.63. The Labute approximate surface area is 155 Å². The molecule has 2 unspecified atom stereocenters. The average molecular weight is 385 g/mol. The van der Waals surface area contributed by atoms with Crippen LogP contribution in [-0.2, 0) is 15.7 Å². The van der Waals surface area contributed by atoms with E-state index in [0.717, 1.165) is 30.4 Å². The monoisotopic (exact) mass is 384 g/mol. The van der Waals surface area contributed by atoms with Crippen molar-refractivity contribution in [1.82, 2.24) is 9.97 Å². The quantitative estimate of drug-likeness (QED) is 0.501. The van der Waals surface area contributed by atoms with Gasteiger partial charge in [-0.1, -0.05) is 13.3 Å². The molecule has 6 nitrogen and oxygen atoms in total. The first-order chi connectivity index (χ1) is 11.8. The van der Waals surface area contributed by atoms with E-state index in [9.17, 15) is 9.90 Å². The number of aliphatic carboxylic acids is 1. The summed E-state index contributed by atoms with van der Waals surface area (Å²) in [7, 11) is 2.51. The lowest BCUT2D eigenvalue weighted by Crippen LogP contribution is -2.57. The van der Waals surface area contributed by atoms with Gasteiger partial charge in [0, 0.05) is 10.9 Å². The van der Waals surface area contributed by atoms with Gasteiger partial charge in [-0.2, -0.15) is 9.97 Å². The minimum Gasteiger partial charge on any atom is -0.544 e. The Morgan fingerprint density at radius 2 is 1.88 bits per heavy atom. The maximum Gasteiger partial charge on any atom is 0.233 e. The summed E-state index contributed by atoms with van der Waals surface area (Å²) in [5.74, 6) is 0.385. The molecule has 0 radical (unpaired) electrons. The van der Waals surface area contributed by atoms with Gasteiger partial charge in [0.05, 0.1) is 25.7 Å². The topological polar surface area (TPSA) is 84.4 Å². The molecular formula is C17H24N2O4S2. The highest BCUT2D eigenvalue weighted by atomic mass is 32.2. The van der Waals surface area contributed by atoms with Crippen molar-refractivity contribution in [3.63, 3.8) is 0 Å². The number of carbonyl (C=O) groups is 1. The van der Waals surface area contributed by atoms with Crippen LogP contribution >= 0.6 is 11.8 Å². The summed E-state index contributed by atoms with van der Waals surface area (Å²) in [6, 6.07) is 1.56. The Kier molecular flexibility index (Phi) is 6.26. The molecule has 2 rings (SSSR count). The number of carboxylic acids is 1. The van der Waals surface area contributed by atoms with E-state index in [-0.39, 0.29) is 0 Å². The number of methoxy groups -OCH3 is 2. The van der Waals surface area contributed by atoms with Crippen LogP contribution in [0.3, 0.4) is 0 Å². The molecule has 138 valence electrons. The van der Waals surface area contributed by atoms with Crippen LogP contribution in [0.25, 0.3) is 0 Å². The van der Waals surface area contributed by atoms with Gasteiger partial charge in [-0.3, -0.25) is 0 Å². The second kappa shape index (κ2) is 7.86. The lowest BCUT2D eigenvalue weighted by atomic mass is 9.89. The number of thioether (sulfide) groups is 1. The molecule has 2 atom stereocenters. The van der Waals surface area contributed by atoms with Gasteiger partial charge < -0.3 is 19.4 Å². The van der Waals surface area contributed by atoms with Crippen LogP contribution in [0, 0.1) is 5.41 Å². The van der Waals surface area contributed by atoms with Gasteiger partial charge in [0.25, 0.3) is 0 Å². The fraction of sp³-hybridized carbons (Fsp3) is 0.588. The molecule has 0 aliphatic carbocycles. The van der Waals surface area contributed by atoms with E-state index in [1.165, 1.54) is 14.2 Å². The van der Waals surface area contributed by atoms with Crippen molar-refractivity contribution >= 4 is 28.6 Å². The van der Waals surface area contributed by atoms with Gasteiger partial charge in [0.15, 0.2) is 5.16 Å². The molecule has 0 saturated carbocycles. The van der Waals surface area contributed by atoms with Gasteiger partial charge in [0.1, 0.15) is 17.1 Å². The number of carboxylic acid groups (broad SMARTS) is 1. The summed E-state index contributed by atoms with van der Waals surface area (Å²) in [5.41, 5.74) is -0.590. The van der Waals surface area contributed by atoms with Crippen LogP contribution < -0.4 is 14.6 Å². The van der Waals surface area contributed by atoms with Crippen LogP contribution in [0.4, 0.5) is 0 Å². The zero-order chi connectivity index (χ0) is 18.7. The Hall–Kier alpha value is -1.41. The van der Waals surface area contributed by atoms with Crippen molar-refractivity contribution in [2.45, 2.75) is 42.8 Å². The molecule has 0 saturated heterocycles. The first-order valence-corrected chi connectivity index (χ1v) is 10.3. The smallest absolute Gasteiger partial charge is 0.233 e. The minimum absolute atomic E-state index is 0.311. The standard InChI is InChI=1S/C17H24N2O4S2/c1-6-7-9-25-10-8-16(2,3)17(25,14(20)21)24-15-18-12(22-4)11-13(19-15)23-5/h8,10-11H,6-7,9H2,1-5H3. The van der Waals surface area contributed by atoms with Crippen molar-refractivity contribution in [1.29, 1.82) is 0 Å². The second-order valence-electron chi connectivity index (χ2n) is 6.25. The van der Waals surface area contributed by atoms with Crippen LogP contribution in [0.5, 0.6) is 11.8 Å². The van der Waals surface area contributed by atoms with Gasteiger partial charge in [0.2, 0.25) is 15.8 Å². The van der Waals surface area contributed by atoms with E-state index in [0.29, 0.717) is 16.9 Å². The Balaban J connectivity index is 2.47. The van der Waals surface area contributed by atoms with Crippen LogP contribution in [0.2, 0.25) is 0 Å². The largest absolute Gasteiger partial charge is 0.544 e. The first-order valence-electron chi connectivity index (χ1n) is 8.07. The van der Waals surface area contributed by atoms with Crippen LogP contribution in [0.15, 0.2) is 22.7 Å². The van der Waals surface area contributed by atoms with Crippen LogP contribution in [-0.4, -0.2) is 40.0 Å². The van der Waals surface area contributed by atoms with Gasteiger partial charge in [-0.05, 0) is 38.1 Å². The molecule has 0 amide bonds. The van der Waals surface area contributed by atoms with E-state index in [1.807, 2.05) is 25.3 Å². The third kappa shape index (κ3) is 3.74. The summed E-state index contributed by atoms with van der Waals surface area (Å²) < 4.78 is 9.20. The average Bonchev–Trinajstić information content (AvgIpc) is 2.84. The van der Waals surface area contributed by atoms with Crippen molar-refractivity contribution in [2.24, 2.45) is 5.41 Å². The number of allylic oxidation sites excluding steroid dienone is 1. The fourth-order valence-electron chi connectivity index (χ4n) is 2.67. The van der Waals surface area contributed by atoms with E-state index in [4.69, 9.17) is 9.47 Å². The van der Waals surface area contributed by atoms with Crippen molar-refractivity contribution < 1.29 is 19.4 Å². The van der Waals surface area contributed by atoms with Crippen molar-refractivity contribution in [3.8, 4) is 11.8 Å². The number of unbranched alkanes of at least 4 members (excludes halogenated alkanes) is 1. The molecule has 1 aromatic rings. The molecule has 8 heteroatoms. The SMILES string of the molecule is CCCC[S+]1C=CC(C)(C)C1(Sc1nc(OC)cc(OC)n1)C(=O)[O-]. The lowest BCUT2D eigenvalue weighted by molar-refractivity contribution is -0.307. The van der Waals surface area contributed by atoms with E-state index in [2.05, 4.69) is 16.9 Å². The van der Waals surface area contributed by atoms with Gasteiger partial charge in [-0.25, -0.2) is 0 Å². The maximum atomic E-state index is 12.3. The molecule has 0 spiro atoms. The fourth-order valence-corrected chi connectivity index (χ4v) is 7.36. The number of carbonyl (C=O) groups excluding carboxylic acids is 1. The second-order valence-corrected chi connectivity index (χ2v) is 9.84. The number of nitrogens with zero attached hydrogens (tertiary/aromatic N) is 2. The Bertz CT molecular complexity index is 644. The third-order valence-corrected chi connectivity index (χ3v) is 9.03. The molecule has 2 heterocycles. The highest BCUT2D eigenvalue weighted by molar-refractivity contribution is 8.19. The number of aromatic nitrogens is 2. The molecule has 0 N–H and O–H groups in total. The van der Waals surface area contributed by atoms with Crippen molar-refractivity contribution in [2.75, 3.05) is 20.0 Å². The molecular weight excluding hydrogens is 360 g/mol. The Morgan fingerprint density at radius 1 is 1.28 bits per heavy atom. The van der Waals surface area contributed by atoms with E-state index in [1.54, 1.807) is 6.07 Å². The number of hydrogen-bond acceptors (Lipinski definition) is 7. The predicted molar refractivity (Wildman–Crippen MR) is 98.8 cm³/mol. The summed E-state index contributed by atoms with van der Waals surface area (Å²) in [5, 5.41) is 14.7. The molecule has 1 aromatic heterocycles. The molecule has 1 aliphatic heterocycles.